The molecule has 0 unspecified atom stereocenters. The van der Waals surface area contributed by atoms with Gasteiger partial charge in [-0.3, -0.25) is 0 Å². The molecule has 2 saturated heterocycles. The number of hydrogen-bond acceptors (Lipinski definition) is 0. The van der Waals surface area contributed by atoms with Gasteiger partial charge in [0.15, 0.2) is 0 Å². The van der Waals surface area contributed by atoms with E-state index in [9.17, 15) is 0 Å². The first-order valence-electron chi connectivity index (χ1n) is 11.4. The molecule has 4 aliphatic rings. The molecular weight excluding hydrogens is 594 g/mol. The molecule has 0 amide bonds. The molecule has 164 valence electrons. The zero-order valence-corrected chi connectivity index (χ0v) is 26.2. The predicted molar refractivity (Wildman–Crippen MR) is 123 cm³/mol. The molecule has 0 atom stereocenters. The van der Waals surface area contributed by atoms with Gasteiger partial charge in [0.2, 0.25) is 0 Å². The maximum Gasteiger partial charge on any atom is 0.0860 e. The van der Waals surface area contributed by atoms with Crippen molar-refractivity contribution in [1.82, 2.24) is 0 Å². The van der Waals surface area contributed by atoms with Crippen LogP contribution in [0.1, 0.15) is 66.2 Å². The predicted octanol–water partition coefficient (Wildman–Crippen LogP) is 2.13. The topological polar surface area (TPSA) is 0 Å². The van der Waals surface area contributed by atoms with Crippen LogP contribution in [0.4, 0.5) is 0 Å². The van der Waals surface area contributed by atoms with Gasteiger partial charge < -0.3 is 24.8 Å². The fraction of sp³-hybridized carbons (Fsp3) is 0.667. The molecule has 2 aliphatic carbocycles. The van der Waals surface area contributed by atoms with Crippen molar-refractivity contribution in [3.05, 3.63) is 45.8 Å². The van der Waals surface area contributed by atoms with Gasteiger partial charge in [-0.05, 0) is 25.7 Å². The van der Waals surface area contributed by atoms with E-state index in [0.717, 1.165) is 0 Å². The molecule has 0 aromatic rings. The van der Waals surface area contributed by atoms with E-state index < -0.39 is 16.1 Å². The first-order valence-corrected chi connectivity index (χ1v) is 16.7. The zero-order chi connectivity index (χ0) is 18.6. The largest absolute Gasteiger partial charge is 1.00 e. The summed E-state index contributed by atoms with van der Waals surface area (Å²) >= 11 is 0. The van der Waals surface area contributed by atoms with Crippen LogP contribution in [0.3, 0.4) is 0 Å². The van der Waals surface area contributed by atoms with Crippen LogP contribution < -0.4 is 24.8 Å². The van der Waals surface area contributed by atoms with E-state index in [2.05, 4.69) is 52.0 Å². The maximum atomic E-state index is 2.54. The molecule has 0 spiro atoms. The molecule has 0 N–H and O–H groups in total. The van der Waals surface area contributed by atoms with E-state index in [-0.39, 0.29) is 50.7 Å². The maximum absolute atomic E-state index is 2.54. The molecule has 0 aromatic heterocycles. The van der Waals surface area contributed by atoms with Crippen LogP contribution in [0.25, 0.3) is 0 Å². The summed E-state index contributed by atoms with van der Waals surface area (Å²) in [4.78, 5) is 0. The summed E-state index contributed by atoms with van der Waals surface area (Å²) < 4.78 is 0. The second-order valence-electron chi connectivity index (χ2n) is 9.01. The van der Waals surface area contributed by atoms with Crippen LogP contribution in [0.15, 0.2) is 45.8 Å². The third-order valence-corrected chi connectivity index (χ3v) is 19.1. The summed E-state index contributed by atoms with van der Waals surface area (Å²) in [7, 11) is -1.71. The molecule has 0 nitrogen and oxygen atoms in total. The van der Waals surface area contributed by atoms with Crippen molar-refractivity contribution >= 4 is 16.1 Å². The fourth-order valence-electron chi connectivity index (χ4n) is 5.29. The number of hydrogen-bond donors (Lipinski definition) is 0. The van der Waals surface area contributed by atoms with Crippen LogP contribution >= 0.6 is 0 Å². The van der Waals surface area contributed by atoms with E-state index in [1.165, 1.54) is 50.6 Å². The number of rotatable bonds is 6. The SMILES string of the molecule is CCC1=CC([Si]2(CC)CCC2)=CC1.CCC1=CC([Si]2(CC)CCC2)=CC1.[Cl-].[Cl-].[Hf]. The Balaban J connectivity index is 0.000000490. The molecule has 29 heavy (non-hydrogen) atoms. The average molecular weight is 634 g/mol. The Morgan fingerprint density at radius 1 is 0.655 bits per heavy atom. The minimum atomic E-state index is -0.857. The molecule has 0 aromatic carbocycles. The number of allylic oxidation sites excluding steroid dienone is 8. The Labute approximate surface area is 213 Å². The van der Waals surface area contributed by atoms with E-state index in [1.54, 1.807) is 45.7 Å². The van der Waals surface area contributed by atoms with Crippen LogP contribution in [-0.2, 0) is 25.8 Å². The Hall–Kier alpha value is 0.844. The van der Waals surface area contributed by atoms with Gasteiger partial charge in [0.1, 0.15) is 0 Å². The fourth-order valence-corrected chi connectivity index (χ4v) is 13.2. The summed E-state index contributed by atoms with van der Waals surface area (Å²) in [6.07, 6.45) is 18.2. The van der Waals surface area contributed by atoms with Gasteiger partial charge >= 0.3 is 0 Å². The summed E-state index contributed by atoms with van der Waals surface area (Å²) in [6, 6.07) is 9.25. The molecule has 2 heterocycles. The standard InChI is InChI=1S/2C12H20Si.2ClH.Hf/c2*1-3-11-6-7-12(10-11)13(4-2)8-5-9-13;;;/h2*7,10H,3-6,8-9H2,1-2H3;2*1H;/p-2. The number of halogens is 2. The van der Waals surface area contributed by atoms with Crippen LogP contribution in [-0.4, -0.2) is 16.1 Å². The van der Waals surface area contributed by atoms with Crippen molar-refractivity contribution in [1.29, 1.82) is 0 Å². The van der Waals surface area contributed by atoms with Crippen molar-refractivity contribution < 1.29 is 50.7 Å². The Morgan fingerprint density at radius 3 is 1.17 bits per heavy atom. The molecule has 0 bridgehead atoms. The first-order chi connectivity index (χ1) is 12.6. The molecule has 0 saturated carbocycles. The van der Waals surface area contributed by atoms with Gasteiger partial charge in [0.25, 0.3) is 0 Å². The molecule has 4 rings (SSSR count). The van der Waals surface area contributed by atoms with Crippen LogP contribution in [0.5, 0.6) is 0 Å². The average Bonchev–Trinajstić information content (AvgIpc) is 3.24. The minimum absolute atomic E-state index is 0. The monoisotopic (exact) mass is 634 g/mol. The van der Waals surface area contributed by atoms with Crippen molar-refractivity contribution in [2.75, 3.05) is 0 Å². The first kappa shape index (κ1) is 29.8. The molecular formula is C24H40Cl2HfSi2-2. The molecule has 2 aliphatic heterocycles. The van der Waals surface area contributed by atoms with Crippen LogP contribution in [0.2, 0.25) is 36.3 Å². The van der Waals surface area contributed by atoms with Gasteiger partial charge in [-0.15, -0.1) is 0 Å². The van der Waals surface area contributed by atoms with E-state index in [0.29, 0.717) is 0 Å². The molecule has 2 fully saturated rings. The van der Waals surface area contributed by atoms with E-state index >= 15 is 0 Å². The van der Waals surface area contributed by atoms with Crippen molar-refractivity contribution in [3.63, 3.8) is 0 Å². The van der Waals surface area contributed by atoms with Gasteiger partial charge in [0.05, 0.1) is 16.1 Å². The van der Waals surface area contributed by atoms with Gasteiger partial charge in [0, 0.05) is 25.8 Å². The zero-order valence-electron chi connectivity index (χ0n) is 19.1. The normalized spacial score (nSPS) is 22.5. The third-order valence-electron chi connectivity index (χ3n) is 8.00. The summed E-state index contributed by atoms with van der Waals surface area (Å²) in [5, 5.41) is 3.61. The summed E-state index contributed by atoms with van der Waals surface area (Å²) in [6.45, 7) is 9.38. The Morgan fingerprint density at radius 2 is 1.00 bits per heavy atom. The van der Waals surface area contributed by atoms with E-state index in [4.69, 9.17) is 0 Å². The smallest absolute Gasteiger partial charge is 0.0860 e. The summed E-state index contributed by atoms with van der Waals surface area (Å²) in [5.74, 6) is 0. The summed E-state index contributed by atoms with van der Waals surface area (Å²) in [5.41, 5.74) is 3.34. The van der Waals surface area contributed by atoms with Crippen LogP contribution in [0, 0.1) is 0 Å². The van der Waals surface area contributed by atoms with Crippen molar-refractivity contribution in [2.24, 2.45) is 0 Å². The Bertz CT molecular complexity index is 574. The van der Waals surface area contributed by atoms with Gasteiger partial charge in [-0.25, -0.2) is 0 Å². The molecule has 5 heteroatoms. The quantitative estimate of drug-likeness (QED) is 0.394. The van der Waals surface area contributed by atoms with Gasteiger partial charge in [-0.1, -0.05) is 123 Å². The third kappa shape index (κ3) is 6.43. The minimum Gasteiger partial charge on any atom is -1.00 e. The van der Waals surface area contributed by atoms with Gasteiger partial charge in [-0.2, -0.15) is 0 Å². The van der Waals surface area contributed by atoms with Crippen molar-refractivity contribution in [2.45, 2.75) is 102 Å². The second kappa shape index (κ2) is 13.4. The molecule has 0 radical (unpaired) electrons. The van der Waals surface area contributed by atoms with E-state index in [1.807, 2.05) is 0 Å². The Kier molecular flexibility index (Phi) is 13.8. The van der Waals surface area contributed by atoms with Crippen molar-refractivity contribution in [3.8, 4) is 0 Å². The second-order valence-corrected chi connectivity index (χ2v) is 18.7.